The minimum atomic E-state index is -0.0169. The number of halogens is 1. The number of anilines is 1. The van der Waals surface area contributed by atoms with Crippen molar-refractivity contribution in [3.05, 3.63) is 10.7 Å². The molecule has 7 heteroatoms. The molecule has 0 bridgehead atoms. The highest BCUT2D eigenvalue weighted by Crippen LogP contribution is 2.23. The zero-order chi connectivity index (χ0) is 11.5. The molecule has 2 rings (SSSR count). The average molecular weight is 287 g/mol. The molecule has 1 saturated heterocycles. The normalized spacial score (nSPS) is 15.9. The Bertz CT molecular complexity index is 412. The lowest BCUT2D eigenvalue weighted by Gasteiger charge is -2.26. The number of piperazine rings is 1. The molecule has 1 fully saturated rings. The number of methoxy groups -OCH3 is 1. The molecule has 16 heavy (non-hydrogen) atoms. The van der Waals surface area contributed by atoms with Crippen LogP contribution in [0.2, 0.25) is 0 Å². The lowest BCUT2D eigenvalue weighted by atomic mass is 10.4. The number of ether oxygens (including phenoxy) is 1. The van der Waals surface area contributed by atoms with Crippen molar-refractivity contribution in [1.29, 1.82) is 0 Å². The molecule has 0 aliphatic carbocycles. The molecule has 2 heterocycles. The van der Waals surface area contributed by atoms with E-state index in [9.17, 15) is 4.79 Å². The van der Waals surface area contributed by atoms with Crippen molar-refractivity contribution in [2.45, 2.75) is 0 Å². The molecule has 1 aromatic rings. The van der Waals surface area contributed by atoms with Gasteiger partial charge in [-0.15, -0.1) is 0 Å². The summed E-state index contributed by atoms with van der Waals surface area (Å²) in [6.45, 7) is 1.60. The van der Waals surface area contributed by atoms with Gasteiger partial charge in [0.05, 0.1) is 24.3 Å². The molecule has 86 valence electrons. The Balaban J connectivity index is 2.22. The number of hydrogen-bond acceptors (Lipinski definition) is 5. The summed E-state index contributed by atoms with van der Waals surface area (Å²) in [5.41, 5.74) is 0. The van der Waals surface area contributed by atoms with Crippen molar-refractivity contribution in [2.75, 3.05) is 31.6 Å². The van der Waals surface area contributed by atoms with Crippen molar-refractivity contribution in [2.24, 2.45) is 0 Å². The second kappa shape index (κ2) is 4.65. The highest BCUT2D eigenvalue weighted by atomic mass is 79.9. The van der Waals surface area contributed by atoms with Gasteiger partial charge < -0.3 is 15.0 Å². The first kappa shape index (κ1) is 11.1. The maximum atomic E-state index is 11.2. The highest BCUT2D eigenvalue weighted by molar-refractivity contribution is 9.10. The summed E-state index contributed by atoms with van der Waals surface area (Å²) in [6, 6.07) is 0. The quantitative estimate of drug-likeness (QED) is 0.840. The number of amides is 1. The zero-order valence-electron chi connectivity index (χ0n) is 8.73. The van der Waals surface area contributed by atoms with Gasteiger partial charge in [0.2, 0.25) is 17.7 Å². The minimum Gasteiger partial charge on any atom is -0.480 e. The molecule has 0 aromatic carbocycles. The van der Waals surface area contributed by atoms with Gasteiger partial charge in [0, 0.05) is 13.1 Å². The summed E-state index contributed by atoms with van der Waals surface area (Å²) >= 11 is 3.28. The molecular formula is C9H11BrN4O2. The van der Waals surface area contributed by atoms with E-state index in [1.54, 1.807) is 13.3 Å². The van der Waals surface area contributed by atoms with Gasteiger partial charge >= 0.3 is 0 Å². The summed E-state index contributed by atoms with van der Waals surface area (Å²) < 4.78 is 5.77. The fourth-order valence-corrected chi connectivity index (χ4v) is 1.80. The van der Waals surface area contributed by atoms with Gasteiger partial charge in [-0.05, 0) is 15.9 Å². The van der Waals surface area contributed by atoms with E-state index in [2.05, 4.69) is 31.2 Å². The van der Waals surface area contributed by atoms with Crippen molar-refractivity contribution in [1.82, 2.24) is 15.3 Å². The average Bonchev–Trinajstić information content (AvgIpc) is 2.29. The van der Waals surface area contributed by atoms with Crippen LogP contribution in [0.1, 0.15) is 0 Å². The fourth-order valence-electron chi connectivity index (χ4n) is 1.45. The number of rotatable bonds is 2. The summed E-state index contributed by atoms with van der Waals surface area (Å²) in [4.78, 5) is 21.4. The number of carbonyl (C=O) groups excluding carboxylic acids is 1. The Morgan fingerprint density at radius 1 is 1.62 bits per heavy atom. The second-order valence-corrected chi connectivity index (χ2v) is 4.15. The van der Waals surface area contributed by atoms with Gasteiger partial charge in [-0.2, -0.15) is 4.98 Å². The zero-order valence-corrected chi connectivity index (χ0v) is 10.3. The van der Waals surface area contributed by atoms with Crippen LogP contribution in [0.3, 0.4) is 0 Å². The van der Waals surface area contributed by atoms with Crippen molar-refractivity contribution >= 4 is 27.8 Å². The first-order valence-electron chi connectivity index (χ1n) is 4.79. The highest BCUT2D eigenvalue weighted by Gasteiger charge is 2.19. The molecule has 1 amide bonds. The maximum Gasteiger partial charge on any atom is 0.239 e. The summed E-state index contributed by atoms with van der Waals surface area (Å²) in [7, 11) is 1.54. The molecule has 0 saturated carbocycles. The number of carbonyl (C=O) groups is 1. The van der Waals surface area contributed by atoms with Crippen LogP contribution in [0.15, 0.2) is 10.7 Å². The van der Waals surface area contributed by atoms with Crippen LogP contribution in [-0.4, -0.2) is 42.6 Å². The third kappa shape index (κ3) is 2.24. The fraction of sp³-hybridized carbons (Fsp3) is 0.444. The lowest BCUT2D eigenvalue weighted by Crippen LogP contribution is -2.48. The van der Waals surface area contributed by atoms with Crippen molar-refractivity contribution in [3.8, 4) is 5.88 Å². The molecular weight excluding hydrogens is 276 g/mol. The van der Waals surface area contributed by atoms with Crippen LogP contribution < -0.4 is 15.0 Å². The van der Waals surface area contributed by atoms with Gasteiger partial charge in [-0.3, -0.25) is 4.79 Å². The summed E-state index contributed by atoms with van der Waals surface area (Å²) in [6.07, 6.45) is 1.62. The lowest BCUT2D eigenvalue weighted by molar-refractivity contribution is -0.120. The van der Waals surface area contributed by atoms with Gasteiger partial charge in [0.1, 0.15) is 0 Å². The van der Waals surface area contributed by atoms with Crippen molar-refractivity contribution < 1.29 is 9.53 Å². The Kier molecular flexibility index (Phi) is 3.23. The van der Waals surface area contributed by atoms with Gasteiger partial charge in [0.25, 0.3) is 0 Å². The molecule has 6 nitrogen and oxygen atoms in total. The van der Waals surface area contributed by atoms with Gasteiger partial charge in [-0.25, -0.2) is 4.98 Å². The van der Waals surface area contributed by atoms with E-state index in [1.165, 1.54) is 0 Å². The van der Waals surface area contributed by atoms with Crippen molar-refractivity contribution in [3.63, 3.8) is 0 Å². The molecule has 1 aromatic heterocycles. The third-order valence-electron chi connectivity index (χ3n) is 2.21. The Hall–Kier alpha value is -1.37. The van der Waals surface area contributed by atoms with Crippen LogP contribution in [0.5, 0.6) is 5.88 Å². The van der Waals surface area contributed by atoms with Gasteiger partial charge in [-0.1, -0.05) is 0 Å². The number of nitrogens with one attached hydrogen (secondary N) is 1. The van der Waals surface area contributed by atoms with E-state index in [0.29, 0.717) is 29.4 Å². The maximum absolute atomic E-state index is 11.2. The molecule has 0 radical (unpaired) electrons. The SMILES string of the molecule is COc1nc(N2CCNC(=O)C2)ncc1Br. The largest absolute Gasteiger partial charge is 0.480 e. The first-order valence-corrected chi connectivity index (χ1v) is 5.58. The molecule has 0 unspecified atom stereocenters. The summed E-state index contributed by atoms with van der Waals surface area (Å²) in [5, 5.41) is 2.75. The van der Waals surface area contributed by atoms with E-state index >= 15 is 0 Å². The Morgan fingerprint density at radius 2 is 2.44 bits per heavy atom. The Labute approximate surface area is 101 Å². The van der Waals surface area contributed by atoms with E-state index < -0.39 is 0 Å². The van der Waals surface area contributed by atoms with Crippen LogP contribution >= 0.6 is 15.9 Å². The number of hydrogen-bond donors (Lipinski definition) is 1. The smallest absolute Gasteiger partial charge is 0.239 e. The Morgan fingerprint density at radius 3 is 3.12 bits per heavy atom. The molecule has 1 aliphatic rings. The standard InChI is InChI=1S/C9H11BrN4O2/c1-16-8-6(10)4-12-9(13-8)14-3-2-11-7(15)5-14/h4H,2-3,5H2,1H3,(H,11,15). The van der Waals surface area contributed by atoms with E-state index in [1.807, 2.05) is 4.90 Å². The van der Waals surface area contributed by atoms with E-state index in [4.69, 9.17) is 4.74 Å². The van der Waals surface area contributed by atoms with Crippen LogP contribution in [0.25, 0.3) is 0 Å². The van der Waals surface area contributed by atoms with E-state index in [-0.39, 0.29) is 12.5 Å². The molecule has 0 atom stereocenters. The van der Waals surface area contributed by atoms with Crippen LogP contribution in [0.4, 0.5) is 5.95 Å². The summed E-state index contributed by atoms with van der Waals surface area (Å²) in [5.74, 6) is 0.961. The predicted octanol–water partition coefficient (Wildman–Crippen LogP) is 0.184. The minimum absolute atomic E-state index is 0.0169. The number of nitrogens with zero attached hydrogens (tertiary/aromatic N) is 3. The topological polar surface area (TPSA) is 67.3 Å². The number of aromatic nitrogens is 2. The monoisotopic (exact) mass is 286 g/mol. The van der Waals surface area contributed by atoms with Crippen LogP contribution in [0, 0.1) is 0 Å². The molecule has 1 N–H and O–H groups in total. The second-order valence-electron chi connectivity index (χ2n) is 3.30. The first-order chi connectivity index (χ1) is 7.70. The van der Waals surface area contributed by atoms with Gasteiger partial charge in [0.15, 0.2) is 0 Å². The van der Waals surface area contributed by atoms with Crippen LogP contribution in [-0.2, 0) is 4.79 Å². The predicted molar refractivity (Wildman–Crippen MR) is 61.5 cm³/mol. The third-order valence-corrected chi connectivity index (χ3v) is 2.76. The van der Waals surface area contributed by atoms with E-state index in [0.717, 1.165) is 0 Å². The molecule has 0 spiro atoms. The molecule has 1 aliphatic heterocycles.